The first-order chi connectivity index (χ1) is 9.08. The fraction of sp³-hybridized carbons (Fsp3) is 0.200. The fourth-order valence-electron chi connectivity index (χ4n) is 1.73. The van der Waals surface area contributed by atoms with Crippen LogP contribution in [-0.4, -0.2) is 22.7 Å². The quantitative estimate of drug-likeness (QED) is 0.835. The van der Waals surface area contributed by atoms with Gasteiger partial charge in [0.1, 0.15) is 0 Å². The number of ether oxygens (including phenoxy) is 1. The summed E-state index contributed by atoms with van der Waals surface area (Å²) in [5, 5.41) is 9.70. The highest BCUT2D eigenvalue weighted by Gasteiger charge is 2.09. The van der Waals surface area contributed by atoms with Gasteiger partial charge < -0.3 is 9.84 Å². The predicted molar refractivity (Wildman–Crippen MR) is 73.6 cm³/mol. The SMILES string of the molecule is C=C(C)CCOc1ccc2c(C(=O)O)cccc2n1. The van der Waals surface area contributed by atoms with Crippen molar-refractivity contribution in [2.45, 2.75) is 13.3 Å². The third-order valence-corrected chi connectivity index (χ3v) is 2.72. The van der Waals surface area contributed by atoms with Crippen molar-refractivity contribution in [3.63, 3.8) is 0 Å². The van der Waals surface area contributed by atoms with Crippen LogP contribution in [0, 0.1) is 0 Å². The summed E-state index contributed by atoms with van der Waals surface area (Å²) in [6.07, 6.45) is 0.773. The highest BCUT2D eigenvalue weighted by molar-refractivity contribution is 6.02. The predicted octanol–water partition coefficient (Wildman–Crippen LogP) is 3.28. The second-order valence-corrected chi connectivity index (χ2v) is 4.38. The van der Waals surface area contributed by atoms with Crippen LogP contribution in [0.25, 0.3) is 10.9 Å². The van der Waals surface area contributed by atoms with E-state index in [9.17, 15) is 4.79 Å². The van der Waals surface area contributed by atoms with Gasteiger partial charge in [0.2, 0.25) is 5.88 Å². The van der Waals surface area contributed by atoms with Crippen LogP contribution < -0.4 is 4.74 Å². The van der Waals surface area contributed by atoms with E-state index >= 15 is 0 Å². The van der Waals surface area contributed by atoms with Crippen molar-refractivity contribution in [1.82, 2.24) is 4.98 Å². The summed E-state index contributed by atoms with van der Waals surface area (Å²) < 4.78 is 5.51. The minimum atomic E-state index is -0.955. The summed E-state index contributed by atoms with van der Waals surface area (Å²) >= 11 is 0. The molecule has 4 heteroatoms. The molecule has 0 saturated heterocycles. The molecule has 1 N–H and O–H groups in total. The zero-order valence-corrected chi connectivity index (χ0v) is 10.7. The molecule has 1 aromatic heterocycles. The van der Waals surface area contributed by atoms with Gasteiger partial charge in [-0.1, -0.05) is 11.6 Å². The molecule has 0 radical (unpaired) electrons. The lowest BCUT2D eigenvalue weighted by Crippen LogP contribution is -2.01. The van der Waals surface area contributed by atoms with Gasteiger partial charge in [-0.3, -0.25) is 0 Å². The Bertz CT molecular complexity index is 634. The van der Waals surface area contributed by atoms with Crippen LogP contribution in [0.2, 0.25) is 0 Å². The molecule has 0 aliphatic carbocycles. The number of aromatic carboxylic acids is 1. The minimum Gasteiger partial charge on any atom is -0.478 e. The van der Waals surface area contributed by atoms with E-state index in [0.717, 1.165) is 12.0 Å². The standard InChI is InChI=1S/C15H15NO3/c1-10(2)8-9-19-14-7-6-11-12(15(17)18)4-3-5-13(11)16-14/h3-7H,1,8-9H2,2H3,(H,17,18). The topological polar surface area (TPSA) is 59.4 Å². The van der Waals surface area contributed by atoms with E-state index in [0.29, 0.717) is 23.4 Å². The molecule has 1 heterocycles. The van der Waals surface area contributed by atoms with Gasteiger partial charge in [-0.25, -0.2) is 9.78 Å². The van der Waals surface area contributed by atoms with Crippen LogP contribution in [-0.2, 0) is 0 Å². The Morgan fingerprint density at radius 3 is 2.84 bits per heavy atom. The van der Waals surface area contributed by atoms with Crippen molar-refractivity contribution < 1.29 is 14.6 Å². The summed E-state index contributed by atoms with van der Waals surface area (Å²) in [6, 6.07) is 8.42. The highest BCUT2D eigenvalue weighted by Crippen LogP contribution is 2.20. The Labute approximate surface area is 111 Å². The molecule has 0 fully saturated rings. The molecule has 4 nitrogen and oxygen atoms in total. The number of nitrogens with zero attached hydrogens (tertiary/aromatic N) is 1. The van der Waals surface area contributed by atoms with E-state index in [1.165, 1.54) is 0 Å². The molecule has 0 amide bonds. The van der Waals surface area contributed by atoms with Gasteiger partial charge in [-0.2, -0.15) is 0 Å². The Morgan fingerprint density at radius 2 is 2.16 bits per heavy atom. The number of hydrogen-bond acceptors (Lipinski definition) is 3. The number of carboxylic acid groups (broad SMARTS) is 1. The first-order valence-electron chi connectivity index (χ1n) is 5.98. The molecule has 0 unspecified atom stereocenters. The molecule has 0 aliphatic heterocycles. The molecule has 2 aromatic rings. The molecule has 98 valence electrons. The van der Waals surface area contributed by atoms with E-state index in [4.69, 9.17) is 9.84 Å². The van der Waals surface area contributed by atoms with E-state index in [1.54, 1.807) is 30.3 Å². The van der Waals surface area contributed by atoms with Gasteiger partial charge >= 0.3 is 5.97 Å². The van der Waals surface area contributed by atoms with Crippen molar-refractivity contribution in [1.29, 1.82) is 0 Å². The lowest BCUT2D eigenvalue weighted by Gasteiger charge is -2.07. The van der Waals surface area contributed by atoms with Gasteiger partial charge in [0, 0.05) is 17.9 Å². The second kappa shape index (κ2) is 5.52. The molecule has 0 atom stereocenters. The summed E-state index contributed by atoms with van der Waals surface area (Å²) in [6.45, 7) is 6.26. The number of aromatic nitrogens is 1. The molecule has 0 spiro atoms. The lowest BCUT2D eigenvalue weighted by molar-refractivity contribution is 0.0699. The molecular formula is C15H15NO3. The van der Waals surface area contributed by atoms with Crippen molar-refractivity contribution in [2.24, 2.45) is 0 Å². The number of benzene rings is 1. The summed E-state index contributed by atoms with van der Waals surface area (Å²) in [5.74, 6) is -0.459. The van der Waals surface area contributed by atoms with Crippen LogP contribution in [0.3, 0.4) is 0 Å². The van der Waals surface area contributed by atoms with Gasteiger partial charge in [0.15, 0.2) is 0 Å². The molecule has 1 aromatic carbocycles. The van der Waals surface area contributed by atoms with E-state index in [1.807, 2.05) is 6.92 Å². The molecular weight excluding hydrogens is 242 g/mol. The Kier molecular flexibility index (Phi) is 3.80. The van der Waals surface area contributed by atoms with E-state index in [2.05, 4.69) is 11.6 Å². The number of pyridine rings is 1. The van der Waals surface area contributed by atoms with Gasteiger partial charge in [-0.05, 0) is 25.1 Å². The number of fused-ring (bicyclic) bond motifs is 1. The van der Waals surface area contributed by atoms with E-state index in [-0.39, 0.29) is 5.56 Å². The Hall–Kier alpha value is -2.36. The average Bonchev–Trinajstić information content (AvgIpc) is 2.37. The smallest absolute Gasteiger partial charge is 0.336 e. The number of carbonyl (C=O) groups is 1. The molecule has 0 bridgehead atoms. The first-order valence-corrected chi connectivity index (χ1v) is 5.98. The average molecular weight is 257 g/mol. The van der Waals surface area contributed by atoms with Crippen LogP contribution in [0.5, 0.6) is 5.88 Å². The number of rotatable bonds is 5. The zero-order chi connectivity index (χ0) is 13.8. The van der Waals surface area contributed by atoms with E-state index < -0.39 is 5.97 Å². The largest absolute Gasteiger partial charge is 0.478 e. The summed E-state index contributed by atoms with van der Waals surface area (Å²) in [7, 11) is 0. The molecule has 0 aliphatic rings. The maximum Gasteiger partial charge on any atom is 0.336 e. The van der Waals surface area contributed by atoms with Gasteiger partial charge in [0.25, 0.3) is 0 Å². The van der Waals surface area contributed by atoms with Crippen molar-refractivity contribution in [2.75, 3.05) is 6.61 Å². The van der Waals surface area contributed by atoms with Crippen LogP contribution in [0.15, 0.2) is 42.5 Å². The molecule has 0 saturated carbocycles. The van der Waals surface area contributed by atoms with Crippen LogP contribution in [0.4, 0.5) is 0 Å². The maximum atomic E-state index is 11.1. The third kappa shape index (κ3) is 3.10. The van der Waals surface area contributed by atoms with Gasteiger partial charge in [-0.15, -0.1) is 6.58 Å². The van der Waals surface area contributed by atoms with Crippen molar-refractivity contribution in [3.05, 3.63) is 48.0 Å². The Morgan fingerprint density at radius 1 is 1.37 bits per heavy atom. The van der Waals surface area contributed by atoms with Crippen LogP contribution >= 0.6 is 0 Å². The first kappa shape index (κ1) is 13.1. The number of hydrogen-bond donors (Lipinski definition) is 1. The fourth-order valence-corrected chi connectivity index (χ4v) is 1.73. The number of carboxylic acids is 1. The Balaban J connectivity index is 2.26. The third-order valence-electron chi connectivity index (χ3n) is 2.72. The monoisotopic (exact) mass is 257 g/mol. The van der Waals surface area contributed by atoms with Crippen LogP contribution in [0.1, 0.15) is 23.7 Å². The minimum absolute atomic E-state index is 0.249. The van der Waals surface area contributed by atoms with Crippen molar-refractivity contribution >= 4 is 16.9 Å². The zero-order valence-electron chi connectivity index (χ0n) is 10.7. The molecule has 2 rings (SSSR count). The highest BCUT2D eigenvalue weighted by atomic mass is 16.5. The summed E-state index contributed by atoms with van der Waals surface area (Å²) in [4.78, 5) is 15.4. The second-order valence-electron chi connectivity index (χ2n) is 4.38. The van der Waals surface area contributed by atoms with Crippen molar-refractivity contribution in [3.8, 4) is 5.88 Å². The molecule has 19 heavy (non-hydrogen) atoms. The normalized spacial score (nSPS) is 10.4. The maximum absolute atomic E-state index is 11.1. The van der Waals surface area contributed by atoms with Gasteiger partial charge in [0.05, 0.1) is 17.7 Å². The summed E-state index contributed by atoms with van der Waals surface area (Å²) in [5.41, 5.74) is 1.92. The lowest BCUT2D eigenvalue weighted by atomic mass is 10.1.